The lowest BCUT2D eigenvalue weighted by atomic mass is 9.56. The molecule has 4 aliphatic rings. The monoisotopic (exact) mass is 310 g/mol. The molecule has 0 aromatic carbocycles. The molecule has 2 atom stereocenters. The number of nitriles is 1. The molecule has 0 bridgehead atoms. The first-order valence-electron chi connectivity index (χ1n) is 8.50. The maximum absolute atomic E-state index is 13.0. The van der Waals surface area contributed by atoms with Crippen molar-refractivity contribution in [2.24, 2.45) is 27.0 Å². The van der Waals surface area contributed by atoms with Gasteiger partial charge in [-0.2, -0.15) is 10.4 Å². The summed E-state index contributed by atoms with van der Waals surface area (Å²) < 4.78 is 0. The number of ketones is 1. The Morgan fingerprint density at radius 3 is 2.96 bits per heavy atom. The van der Waals surface area contributed by atoms with Crippen LogP contribution in [0.5, 0.6) is 0 Å². The molecule has 1 fully saturated rings. The van der Waals surface area contributed by atoms with Gasteiger partial charge in [-0.3, -0.25) is 4.79 Å². The van der Waals surface area contributed by atoms with Gasteiger partial charge in [-0.25, -0.2) is 0 Å². The van der Waals surface area contributed by atoms with Crippen LogP contribution in [0.2, 0.25) is 0 Å². The number of azo groups is 1. The van der Waals surface area contributed by atoms with E-state index in [0.717, 1.165) is 54.8 Å². The van der Waals surface area contributed by atoms with Gasteiger partial charge < -0.3 is 5.32 Å². The summed E-state index contributed by atoms with van der Waals surface area (Å²) in [6.07, 6.45) is 5.07. The van der Waals surface area contributed by atoms with E-state index in [9.17, 15) is 10.1 Å². The van der Waals surface area contributed by atoms with Crippen molar-refractivity contribution >= 4 is 5.78 Å². The number of carbonyl (C=O) groups is 1. The fourth-order valence-electron chi connectivity index (χ4n) is 4.95. The number of nitrogens with zero attached hydrogens (tertiary/aromatic N) is 3. The number of rotatable bonds is 0. The Kier molecular flexibility index (Phi) is 3.03. The van der Waals surface area contributed by atoms with E-state index < -0.39 is 0 Å². The molecule has 120 valence electrons. The van der Waals surface area contributed by atoms with Crippen LogP contribution in [0.15, 0.2) is 32.9 Å². The number of carbonyl (C=O) groups excluding carboxylic acids is 1. The largest absolute Gasteiger partial charge is 0.342 e. The number of allylic oxidation sites excluding steroid dienone is 2. The van der Waals surface area contributed by atoms with E-state index in [1.807, 2.05) is 0 Å². The highest BCUT2D eigenvalue weighted by atomic mass is 16.1. The van der Waals surface area contributed by atoms with Crippen molar-refractivity contribution in [1.82, 2.24) is 5.32 Å². The first-order chi connectivity index (χ1) is 11.0. The van der Waals surface area contributed by atoms with Crippen LogP contribution in [-0.4, -0.2) is 12.3 Å². The number of nitrogens with one attached hydrogen (secondary N) is 1. The predicted molar refractivity (Wildman–Crippen MR) is 84.9 cm³/mol. The summed E-state index contributed by atoms with van der Waals surface area (Å²) >= 11 is 0. The standard InChI is InChI=1S/C18H22N4O/c1-17(2)7-13-15(14(23)8-17)18(5-3-4-11(6-18)9-19)12-10-20-22-16(12)21-13/h11,21H,3-8,10H2,1-2H3/t11-,18+/m0/s1. The average Bonchev–Trinajstić information content (AvgIpc) is 2.94. The molecule has 1 saturated carbocycles. The van der Waals surface area contributed by atoms with Crippen LogP contribution in [0.25, 0.3) is 0 Å². The van der Waals surface area contributed by atoms with E-state index in [2.05, 4.69) is 35.5 Å². The third-order valence-electron chi connectivity index (χ3n) is 5.82. The Balaban J connectivity index is 1.86. The molecule has 0 amide bonds. The second-order valence-corrected chi connectivity index (χ2v) is 8.15. The highest BCUT2D eigenvalue weighted by molar-refractivity contribution is 6.00. The second kappa shape index (κ2) is 4.77. The van der Waals surface area contributed by atoms with Crippen LogP contribution in [0.3, 0.4) is 0 Å². The zero-order valence-electron chi connectivity index (χ0n) is 13.8. The van der Waals surface area contributed by atoms with Crippen LogP contribution in [0.4, 0.5) is 0 Å². The number of fused-ring (bicyclic) bond motifs is 2. The van der Waals surface area contributed by atoms with Gasteiger partial charge in [0, 0.05) is 34.6 Å². The lowest BCUT2D eigenvalue weighted by molar-refractivity contribution is -0.119. The zero-order valence-corrected chi connectivity index (χ0v) is 13.8. The normalized spacial score (nSPS) is 35.0. The molecule has 0 saturated heterocycles. The number of Topliss-reactive ketones (excluding diaryl/α,β-unsaturated/α-hetero) is 1. The van der Waals surface area contributed by atoms with Crippen molar-refractivity contribution in [3.63, 3.8) is 0 Å². The predicted octanol–water partition coefficient (Wildman–Crippen LogP) is 3.61. The second-order valence-electron chi connectivity index (χ2n) is 8.15. The quantitative estimate of drug-likeness (QED) is 0.742. The smallest absolute Gasteiger partial charge is 0.162 e. The lowest BCUT2D eigenvalue weighted by Gasteiger charge is -2.48. The minimum absolute atomic E-state index is 0.0210. The molecule has 1 spiro atoms. The molecule has 2 aliphatic heterocycles. The molecule has 0 aromatic heterocycles. The van der Waals surface area contributed by atoms with Crippen molar-refractivity contribution in [1.29, 1.82) is 5.26 Å². The molecule has 2 heterocycles. The first kappa shape index (κ1) is 14.6. The topological polar surface area (TPSA) is 77.6 Å². The van der Waals surface area contributed by atoms with Gasteiger partial charge in [0.2, 0.25) is 0 Å². The van der Waals surface area contributed by atoms with Crippen LogP contribution >= 0.6 is 0 Å². The van der Waals surface area contributed by atoms with E-state index in [4.69, 9.17) is 0 Å². The third-order valence-corrected chi connectivity index (χ3v) is 5.82. The average molecular weight is 310 g/mol. The van der Waals surface area contributed by atoms with Gasteiger partial charge in [-0.15, -0.1) is 5.11 Å². The van der Waals surface area contributed by atoms with E-state index >= 15 is 0 Å². The molecule has 5 nitrogen and oxygen atoms in total. The molecular formula is C18H22N4O. The van der Waals surface area contributed by atoms with Crippen molar-refractivity contribution in [2.75, 3.05) is 6.54 Å². The van der Waals surface area contributed by atoms with Gasteiger partial charge >= 0.3 is 0 Å². The fraction of sp³-hybridized carbons (Fsp3) is 0.667. The van der Waals surface area contributed by atoms with Gasteiger partial charge in [-0.05, 0) is 31.1 Å². The van der Waals surface area contributed by atoms with Gasteiger partial charge in [-0.1, -0.05) is 20.3 Å². The summed E-state index contributed by atoms with van der Waals surface area (Å²) in [5.41, 5.74) is 2.80. The Morgan fingerprint density at radius 2 is 2.17 bits per heavy atom. The molecule has 0 aromatic rings. The molecule has 23 heavy (non-hydrogen) atoms. The summed E-state index contributed by atoms with van der Waals surface area (Å²) in [5.74, 6) is 1.11. The molecular weight excluding hydrogens is 288 g/mol. The lowest BCUT2D eigenvalue weighted by Crippen LogP contribution is -2.46. The van der Waals surface area contributed by atoms with Gasteiger partial charge in [0.1, 0.15) is 0 Å². The van der Waals surface area contributed by atoms with E-state index in [0.29, 0.717) is 13.0 Å². The van der Waals surface area contributed by atoms with Crippen LogP contribution in [0, 0.1) is 28.1 Å². The van der Waals surface area contributed by atoms with Crippen molar-refractivity contribution in [3.8, 4) is 6.07 Å². The van der Waals surface area contributed by atoms with Crippen molar-refractivity contribution in [2.45, 2.75) is 52.4 Å². The Hall–Kier alpha value is -1.96. The van der Waals surface area contributed by atoms with Crippen molar-refractivity contribution < 1.29 is 4.79 Å². The van der Waals surface area contributed by atoms with Gasteiger partial charge in [0.15, 0.2) is 11.6 Å². The van der Waals surface area contributed by atoms with E-state index in [1.54, 1.807) is 0 Å². The van der Waals surface area contributed by atoms with E-state index in [-0.39, 0.29) is 22.5 Å². The summed E-state index contributed by atoms with van der Waals surface area (Å²) in [7, 11) is 0. The Labute approximate surface area is 136 Å². The van der Waals surface area contributed by atoms with Gasteiger partial charge in [0.05, 0.1) is 12.6 Å². The Morgan fingerprint density at radius 1 is 1.35 bits per heavy atom. The Bertz CT molecular complexity index is 722. The molecule has 2 aliphatic carbocycles. The number of hydrogen-bond donors (Lipinski definition) is 1. The van der Waals surface area contributed by atoms with Crippen LogP contribution in [0.1, 0.15) is 52.4 Å². The third kappa shape index (κ3) is 2.08. The zero-order chi connectivity index (χ0) is 16.2. The maximum atomic E-state index is 13.0. The number of hydrogen-bond acceptors (Lipinski definition) is 5. The minimum atomic E-state index is -0.300. The fourth-order valence-corrected chi connectivity index (χ4v) is 4.95. The highest BCUT2D eigenvalue weighted by Crippen LogP contribution is 2.57. The first-order valence-corrected chi connectivity index (χ1v) is 8.50. The SMILES string of the molecule is CC1(C)CC(=O)C2=C(C1)NC1=C(CN=N1)[C@]21CCC[C@H](C#N)C1. The minimum Gasteiger partial charge on any atom is -0.342 e. The molecule has 5 heteroatoms. The molecule has 4 rings (SSSR count). The number of dihydropyridines is 1. The molecule has 0 unspecified atom stereocenters. The summed E-state index contributed by atoms with van der Waals surface area (Å²) in [5, 5.41) is 21.4. The maximum Gasteiger partial charge on any atom is 0.162 e. The summed E-state index contributed by atoms with van der Waals surface area (Å²) in [6.45, 7) is 4.85. The molecule has 0 radical (unpaired) electrons. The molecule has 1 N–H and O–H groups in total. The van der Waals surface area contributed by atoms with E-state index in [1.165, 1.54) is 0 Å². The van der Waals surface area contributed by atoms with Gasteiger partial charge in [0.25, 0.3) is 0 Å². The van der Waals surface area contributed by atoms with Crippen LogP contribution in [-0.2, 0) is 4.79 Å². The van der Waals surface area contributed by atoms with Crippen LogP contribution < -0.4 is 5.32 Å². The summed E-state index contributed by atoms with van der Waals surface area (Å²) in [4.78, 5) is 13.0. The summed E-state index contributed by atoms with van der Waals surface area (Å²) in [6, 6.07) is 2.44. The highest BCUT2D eigenvalue weighted by Gasteiger charge is 2.52. The van der Waals surface area contributed by atoms with Crippen molar-refractivity contribution in [3.05, 3.63) is 22.7 Å².